The van der Waals surface area contributed by atoms with E-state index >= 15 is 0 Å². The minimum Gasteiger partial charge on any atom is -0.320 e. The predicted molar refractivity (Wildman–Crippen MR) is 82.4 cm³/mol. The Bertz CT molecular complexity index is 713. The lowest BCUT2D eigenvalue weighted by Crippen LogP contribution is -2.25. The molecule has 0 spiro atoms. The first kappa shape index (κ1) is 14.3. The van der Waals surface area contributed by atoms with E-state index in [1.807, 2.05) is 12.1 Å². The van der Waals surface area contributed by atoms with E-state index in [4.69, 9.17) is 0 Å². The maximum absolute atomic E-state index is 12.9. The molecule has 0 radical (unpaired) electrons. The van der Waals surface area contributed by atoms with E-state index in [9.17, 15) is 14.0 Å². The summed E-state index contributed by atoms with van der Waals surface area (Å²) in [4.78, 5) is 25.8. The summed E-state index contributed by atoms with van der Waals surface area (Å²) >= 11 is 0. The van der Waals surface area contributed by atoms with Crippen molar-refractivity contribution in [3.05, 3.63) is 59.9 Å². The number of hydrogen-bond donors (Lipinski definition) is 1. The summed E-state index contributed by atoms with van der Waals surface area (Å²) in [6, 6.07) is 12.5. The smallest absolute Gasteiger partial charge is 0.255 e. The summed E-state index contributed by atoms with van der Waals surface area (Å²) in [5.74, 6) is -0.665. The van der Waals surface area contributed by atoms with Crippen molar-refractivity contribution in [1.29, 1.82) is 0 Å². The second kappa shape index (κ2) is 5.97. The molecule has 5 heteroatoms. The molecule has 0 bridgehead atoms. The second-order valence-corrected chi connectivity index (χ2v) is 5.13. The van der Waals surface area contributed by atoms with E-state index in [1.54, 1.807) is 17.0 Å². The van der Waals surface area contributed by atoms with Crippen LogP contribution in [0.3, 0.4) is 0 Å². The van der Waals surface area contributed by atoms with Crippen LogP contribution in [0.5, 0.6) is 0 Å². The van der Waals surface area contributed by atoms with Crippen LogP contribution in [0.15, 0.2) is 48.5 Å². The molecule has 0 aliphatic carbocycles. The molecule has 0 unspecified atom stereocenters. The fourth-order valence-electron chi connectivity index (χ4n) is 2.51. The number of nitrogens with one attached hydrogen (secondary N) is 1. The standard InChI is InChI=1S/C17H15FN2O2/c18-13-9-7-12(8-10-13)17(22)19-14-4-1-2-5-15(14)20-11-3-6-16(20)21/h1-2,4-5,7-10H,3,6,11H2,(H,19,22). The summed E-state index contributed by atoms with van der Waals surface area (Å²) in [6.45, 7) is 0.655. The van der Waals surface area contributed by atoms with E-state index in [0.29, 0.717) is 29.9 Å². The van der Waals surface area contributed by atoms with Crippen molar-refractivity contribution in [2.45, 2.75) is 12.8 Å². The first-order valence-corrected chi connectivity index (χ1v) is 7.11. The van der Waals surface area contributed by atoms with Crippen molar-refractivity contribution < 1.29 is 14.0 Å². The SMILES string of the molecule is O=C(Nc1ccccc1N1CCCC1=O)c1ccc(F)cc1. The van der Waals surface area contributed by atoms with Crippen LogP contribution >= 0.6 is 0 Å². The van der Waals surface area contributed by atoms with Gasteiger partial charge in [-0.1, -0.05) is 12.1 Å². The summed E-state index contributed by atoms with van der Waals surface area (Å²) in [6.07, 6.45) is 1.35. The Balaban J connectivity index is 1.84. The Labute approximate surface area is 127 Å². The van der Waals surface area contributed by atoms with Gasteiger partial charge >= 0.3 is 0 Å². The first-order chi connectivity index (χ1) is 10.6. The summed E-state index contributed by atoms with van der Waals surface area (Å²) < 4.78 is 12.9. The van der Waals surface area contributed by atoms with Gasteiger partial charge in [0.15, 0.2) is 0 Å². The molecule has 22 heavy (non-hydrogen) atoms. The number of amides is 2. The van der Waals surface area contributed by atoms with Gasteiger partial charge in [-0.05, 0) is 42.8 Å². The number of hydrogen-bond acceptors (Lipinski definition) is 2. The van der Waals surface area contributed by atoms with Crippen LogP contribution in [0.25, 0.3) is 0 Å². The largest absolute Gasteiger partial charge is 0.320 e. The molecule has 0 aromatic heterocycles. The third-order valence-electron chi connectivity index (χ3n) is 3.62. The molecule has 2 amide bonds. The van der Waals surface area contributed by atoms with Gasteiger partial charge in [0, 0.05) is 18.5 Å². The molecular formula is C17H15FN2O2. The molecule has 0 saturated carbocycles. The predicted octanol–water partition coefficient (Wildman–Crippen LogP) is 3.20. The second-order valence-electron chi connectivity index (χ2n) is 5.13. The minimum absolute atomic E-state index is 0.0588. The fraction of sp³-hybridized carbons (Fsp3) is 0.176. The van der Waals surface area contributed by atoms with Gasteiger partial charge in [0.05, 0.1) is 11.4 Å². The molecule has 1 N–H and O–H groups in total. The Hall–Kier alpha value is -2.69. The number of halogens is 1. The Morgan fingerprint density at radius 1 is 1.09 bits per heavy atom. The normalized spacial score (nSPS) is 14.2. The van der Waals surface area contributed by atoms with Crippen LogP contribution < -0.4 is 10.2 Å². The average Bonchev–Trinajstić information content (AvgIpc) is 2.94. The molecular weight excluding hydrogens is 283 g/mol. The molecule has 3 rings (SSSR count). The van der Waals surface area contributed by atoms with Crippen molar-refractivity contribution in [2.75, 3.05) is 16.8 Å². The number of anilines is 2. The third kappa shape index (κ3) is 2.83. The van der Waals surface area contributed by atoms with Crippen LogP contribution in [0.4, 0.5) is 15.8 Å². The van der Waals surface area contributed by atoms with Gasteiger partial charge in [0.25, 0.3) is 5.91 Å². The molecule has 0 atom stereocenters. The molecule has 2 aromatic carbocycles. The van der Waals surface area contributed by atoms with Crippen molar-refractivity contribution in [3.8, 4) is 0 Å². The number of para-hydroxylation sites is 2. The van der Waals surface area contributed by atoms with E-state index in [1.165, 1.54) is 24.3 Å². The molecule has 1 saturated heterocycles. The molecule has 2 aromatic rings. The van der Waals surface area contributed by atoms with E-state index < -0.39 is 0 Å². The molecule has 1 heterocycles. The van der Waals surface area contributed by atoms with Gasteiger partial charge in [0.2, 0.25) is 5.91 Å². The lowest BCUT2D eigenvalue weighted by Gasteiger charge is -2.20. The average molecular weight is 298 g/mol. The van der Waals surface area contributed by atoms with Crippen molar-refractivity contribution in [3.63, 3.8) is 0 Å². The highest BCUT2D eigenvalue weighted by molar-refractivity contribution is 6.08. The van der Waals surface area contributed by atoms with Gasteiger partial charge in [-0.15, -0.1) is 0 Å². The summed E-state index contributed by atoms with van der Waals surface area (Å²) in [5.41, 5.74) is 1.64. The summed E-state index contributed by atoms with van der Waals surface area (Å²) in [5, 5.41) is 2.79. The van der Waals surface area contributed by atoms with Crippen LogP contribution in [0.2, 0.25) is 0 Å². The fourth-order valence-corrected chi connectivity index (χ4v) is 2.51. The van der Waals surface area contributed by atoms with Crippen LogP contribution in [-0.2, 0) is 4.79 Å². The van der Waals surface area contributed by atoms with E-state index in [-0.39, 0.29) is 17.6 Å². The van der Waals surface area contributed by atoms with Crippen molar-refractivity contribution >= 4 is 23.2 Å². The maximum atomic E-state index is 12.9. The first-order valence-electron chi connectivity index (χ1n) is 7.11. The number of carbonyl (C=O) groups is 2. The topological polar surface area (TPSA) is 49.4 Å². The molecule has 112 valence electrons. The zero-order chi connectivity index (χ0) is 15.5. The van der Waals surface area contributed by atoms with Gasteiger partial charge in [-0.2, -0.15) is 0 Å². The van der Waals surface area contributed by atoms with Crippen molar-refractivity contribution in [2.24, 2.45) is 0 Å². The molecule has 1 aliphatic heterocycles. The molecule has 4 nitrogen and oxygen atoms in total. The third-order valence-corrected chi connectivity index (χ3v) is 3.62. The van der Waals surface area contributed by atoms with Crippen LogP contribution in [-0.4, -0.2) is 18.4 Å². The zero-order valence-corrected chi connectivity index (χ0v) is 11.9. The van der Waals surface area contributed by atoms with E-state index in [0.717, 1.165) is 6.42 Å². The van der Waals surface area contributed by atoms with Gasteiger partial charge in [-0.3, -0.25) is 9.59 Å². The van der Waals surface area contributed by atoms with E-state index in [2.05, 4.69) is 5.32 Å². The lowest BCUT2D eigenvalue weighted by atomic mass is 10.2. The minimum atomic E-state index is -0.389. The van der Waals surface area contributed by atoms with Crippen LogP contribution in [0.1, 0.15) is 23.2 Å². The van der Waals surface area contributed by atoms with Gasteiger partial charge in [-0.25, -0.2) is 4.39 Å². The molecule has 1 aliphatic rings. The Kier molecular flexibility index (Phi) is 3.87. The summed E-state index contributed by atoms with van der Waals surface area (Å²) in [7, 11) is 0. The number of rotatable bonds is 3. The number of benzene rings is 2. The van der Waals surface area contributed by atoms with Crippen LogP contribution in [0, 0.1) is 5.82 Å². The Morgan fingerprint density at radius 3 is 2.50 bits per heavy atom. The lowest BCUT2D eigenvalue weighted by molar-refractivity contribution is -0.117. The Morgan fingerprint density at radius 2 is 1.82 bits per heavy atom. The van der Waals surface area contributed by atoms with Gasteiger partial charge < -0.3 is 10.2 Å². The number of nitrogens with zero attached hydrogens (tertiary/aromatic N) is 1. The van der Waals surface area contributed by atoms with Crippen molar-refractivity contribution in [1.82, 2.24) is 0 Å². The molecule has 1 fully saturated rings. The highest BCUT2D eigenvalue weighted by Crippen LogP contribution is 2.29. The number of carbonyl (C=O) groups excluding carboxylic acids is 2. The highest BCUT2D eigenvalue weighted by Gasteiger charge is 2.24. The monoisotopic (exact) mass is 298 g/mol. The van der Waals surface area contributed by atoms with Gasteiger partial charge in [0.1, 0.15) is 5.82 Å². The highest BCUT2D eigenvalue weighted by atomic mass is 19.1. The quantitative estimate of drug-likeness (QED) is 0.946. The maximum Gasteiger partial charge on any atom is 0.255 e. The zero-order valence-electron chi connectivity index (χ0n) is 11.9.